The first kappa shape index (κ1) is 16.4. The van der Waals surface area contributed by atoms with Gasteiger partial charge in [0.15, 0.2) is 11.5 Å². The normalized spacial score (nSPS) is 20.5. The third-order valence-corrected chi connectivity index (χ3v) is 5.85. The highest BCUT2D eigenvalue weighted by molar-refractivity contribution is 8.08. The van der Waals surface area contributed by atoms with E-state index in [1.54, 1.807) is 16.3 Å². The number of hydrogen-bond acceptors (Lipinski definition) is 6. The summed E-state index contributed by atoms with van der Waals surface area (Å²) in [6.07, 6.45) is 8.16. The van der Waals surface area contributed by atoms with Crippen LogP contribution in [0.2, 0.25) is 0 Å². The molecule has 0 unspecified atom stereocenters. The monoisotopic (exact) mass is 354 g/mol. The summed E-state index contributed by atoms with van der Waals surface area (Å²) >= 11 is 1.72. The molecule has 4 heterocycles. The molecule has 0 radical (unpaired) electrons. The van der Waals surface area contributed by atoms with Crippen molar-refractivity contribution in [2.45, 2.75) is 26.7 Å². The fourth-order valence-corrected chi connectivity index (χ4v) is 4.41. The molecule has 6 nitrogen and oxygen atoms in total. The summed E-state index contributed by atoms with van der Waals surface area (Å²) in [5.41, 5.74) is 3.50. The predicted molar refractivity (Wildman–Crippen MR) is 103 cm³/mol. The molecule has 0 atom stereocenters. The summed E-state index contributed by atoms with van der Waals surface area (Å²) in [6.45, 7) is 6.14. The second-order valence-corrected chi connectivity index (χ2v) is 7.72. The molecule has 0 amide bonds. The quantitative estimate of drug-likeness (QED) is 0.789. The standard InChI is InChI=1S/C18H22N6S/c1-11-7-17(23-24-10-12(2)22-18(11)24)21-9-16-14(19)8-15(25-16)13-3-5-20-6-4-13/h7-10,13,19-20H,3-6H2,1-2H3,(H,21,23)/b16-9+,19-14?. The van der Waals surface area contributed by atoms with Crippen molar-refractivity contribution in [2.24, 2.45) is 5.92 Å². The second-order valence-electron chi connectivity index (χ2n) is 6.60. The predicted octanol–water partition coefficient (Wildman–Crippen LogP) is 3.25. The van der Waals surface area contributed by atoms with E-state index in [0.29, 0.717) is 11.6 Å². The van der Waals surface area contributed by atoms with Gasteiger partial charge in [-0.05, 0) is 68.3 Å². The molecule has 2 aromatic heterocycles. The molecule has 3 N–H and O–H groups in total. The van der Waals surface area contributed by atoms with E-state index in [2.05, 4.69) is 20.7 Å². The van der Waals surface area contributed by atoms with E-state index in [4.69, 9.17) is 5.41 Å². The van der Waals surface area contributed by atoms with Crippen molar-refractivity contribution in [3.8, 4) is 0 Å². The maximum absolute atomic E-state index is 8.24. The molecular weight excluding hydrogens is 332 g/mol. The Hall–Kier alpha value is -2.12. The molecule has 7 heteroatoms. The number of thioether (sulfide) groups is 1. The largest absolute Gasteiger partial charge is 0.344 e. The van der Waals surface area contributed by atoms with E-state index in [0.717, 1.165) is 53.6 Å². The summed E-state index contributed by atoms with van der Waals surface area (Å²) < 4.78 is 1.80. The molecule has 25 heavy (non-hydrogen) atoms. The molecule has 0 saturated carbocycles. The minimum Gasteiger partial charge on any atom is -0.344 e. The highest BCUT2D eigenvalue weighted by atomic mass is 32.2. The highest BCUT2D eigenvalue weighted by Gasteiger charge is 2.25. The number of rotatable bonds is 3. The Labute approximate surface area is 151 Å². The molecular formula is C18H22N6S. The van der Waals surface area contributed by atoms with E-state index >= 15 is 0 Å². The van der Waals surface area contributed by atoms with Crippen LogP contribution in [-0.2, 0) is 0 Å². The van der Waals surface area contributed by atoms with Gasteiger partial charge in [0.2, 0.25) is 0 Å². The number of imidazole rings is 1. The van der Waals surface area contributed by atoms with Crippen LogP contribution in [0.5, 0.6) is 0 Å². The summed E-state index contributed by atoms with van der Waals surface area (Å²) in [5, 5.41) is 19.4. The van der Waals surface area contributed by atoms with Crippen molar-refractivity contribution >= 4 is 28.9 Å². The fourth-order valence-electron chi connectivity index (χ4n) is 3.29. The third kappa shape index (κ3) is 3.34. The van der Waals surface area contributed by atoms with Crippen molar-refractivity contribution in [1.82, 2.24) is 19.9 Å². The maximum Gasteiger partial charge on any atom is 0.156 e. The number of nitrogens with one attached hydrogen (secondary N) is 3. The zero-order valence-corrected chi connectivity index (χ0v) is 15.3. The SMILES string of the molecule is Cc1cn2nc(N/C=C3/SC(C4CCNCC4)=CC3=N)cc(C)c2n1. The minimum atomic E-state index is 0.585. The van der Waals surface area contributed by atoms with Crippen LogP contribution in [0.4, 0.5) is 5.82 Å². The van der Waals surface area contributed by atoms with Crippen LogP contribution < -0.4 is 10.6 Å². The number of fused-ring (bicyclic) bond motifs is 1. The van der Waals surface area contributed by atoms with Gasteiger partial charge in [0.1, 0.15) is 0 Å². The van der Waals surface area contributed by atoms with Crippen molar-refractivity contribution in [2.75, 3.05) is 18.4 Å². The van der Waals surface area contributed by atoms with Crippen LogP contribution >= 0.6 is 11.8 Å². The summed E-state index contributed by atoms with van der Waals surface area (Å²) in [4.78, 5) is 6.75. The molecule has 2 aliphatic heterocycles. The van der Waals surface area contributed by atoms with Crippen LogP contribution in [0.1, 0.15) is 24.1 Å². The van der Waals surface area contributed by atoms with Crippen molar-refractivity contribution in [3.63, 3.8) is 0 Å². The number of anilines is 1. The lowest BCUT2D eigenvalue weighted by molar-refractivity contribution is 0.432. The van der Waals surface area contributed by atoms with Gasteiger partial charge in [-0.3, -0.25) is 5.41 Å². The molecule has 0 bridgehead atoms. The van der Waals surface area contributed by atoms with Gasteiger partial charge >= 0.3 is 0 Å². The van der Waals surface area contributed by atoms with Crippen molar-refractivity contribution in [1.29, 1.82) is 5.41 Å². The van der Waals surface area contributed by atoms with Gasteiger partial charge in [-0.1, -0.05) is 11.8 Å². The minimum absolute atomic E-state index is 0.585. The van der Waals surface area contributed by atoms with Crippen LogP contribution in [0.3, 0.4) is 0 Å². The lowest BCUT2D eigenvalue weighted by Gasteiger charge is -2.22. The molecule has 0 aromatic carbocycles. The molecule has 130 valence electrons. The summed E-state index contributed by atoms with van der Waals surface area (Å²) in [6, 6.07) is 1.99. The molecule has 4 rings (SSSR count). The topological polar surface area (TPSA) is 78.1 Å². The van der Waals surface area contributed by atoms with Crippen LogP contribution in [0, 0.1) is 25.2 Å². The van der Waals surface area contributed by atoms with E-state index in [9.17, 15) is 0 Å². The highest BCUT2D eigenvalue weighted by Crippen LogP contribution is 2.41. The molecule has 0 spiro atoms. The lowest BCUT2D eigenvalue weighted by Crippen LogP contribution is -2.27. The van der Waals surface area contributed by atoms with E-state index in [1.807, 2.05) is 38.4 Å². The summed E-state index contributed by atoms with van der Waals surface area (Å²) in [5.74, 6) is 1.35. The molecule has 0 aliphatic carbocycles. The number of aryl methyl sites for hydroxylation is 2. The maximum atomic E-state index is 8.24. The van der Waals surface area contributed by atoms with E-state index < -0.39 is 0 Å². The van der Waals surface area contributed by atoms with Gasteiger partial charge in [-0.2, -0.15) is 0 Å². The fraction of sp³-hybridized carbons (Fsp3) is 0.389. The number of hydrogen-bond donors (Lipinski definition) is 3. The molecule has 2 aromatic rings. The zero-order chi connectivity index (χ0) is 17.4. The number of nitrogens with zero attached hydrogens (tertiary/aromatic N) is 3. The number of aromatic nitrogens is 3. The smallest absolute Gasteiger partial charge is 0.156 e. The van der Waals surface area contributed by atoms with Gasteiger partial charge in [-0.25, -0.2) is 9.50 Å². The molecule has 2 aliphatic rings. The van der Waals surface area contributed by atoms with Gasteiger partial charge in [0.25, 0.3) is 0 Å². The van der Waals surface area contributed by atoms with Gasteiger partial charge in [0.05, 0.1) is 22.5 Å². The summed E-state index contributed by atoms with van der Waals surface area (Å²) in [7, 11) is 0. The lowest BCUT2D eigenvalue weighted by atomic mass is 9.97. The van der Waals surface area contributed by atoms with E-state index in [1.165, 1.54) is 4.91 Å². The first-order chi connectivity index (χ1) is 12.1. The second kappa shape index (κ2) is 6.65. The number of piperidine rings is 1. The van der Waals surface area contributed by atoms with Crippen LogP contribution in [0.15, 0.2) is 34.3 Å². The Morgan fingerprint density at radius 3 is 2.96 bits per heavy atom. The Kier molecular flexibility index (Phi) is 4.35. The first-order valence-electron chi connectivity index (χ1n) is 8.59. The van der Waals surface area contributed by atoms with Gasteiger partial charge in [0, 0.05) is 6.20 Å². The average Bonchev–Trinajstić information content (AvgIpc) is 3.16. The Balaban J connectivity index is 1.49. The third-order valence-electron chi connectivity index (χ3n) is 4.60. The van der Waals surface area contributed by atoms with Crippen LogP contribution in [-0.4, -0.2) is 33.4 Å². The van der Waals surface area contributed by atoms with Crippen molar-refractivity contribution in [3.05, 3.63) is 45.6 Å². The Morgan fingerprint density at radius 1 is 1.36 bits per heavy atom. The first-order valence-corrected chi connectivity index (χ1v) is 9.41. The Bertz CT molecular complexity index is 888. The van der Waals surface area contributed by atoms with Crippen molar-refractivity contribution < 1.29 is 0 Å². The molecule has 1 fully saturated rings. The Morgan fingerprint density at radius 2 is 2.16 bits per heavy atom. The van der Waals surface area contributed by atoms with E-state index in [-0.39, 0.29) is 0 Å². The molecule has 1 saturated heterocycles. The van der Waals surface area contributed by atoms with Gasteiger partial charge < -0.3 is 10.6 Å². The van der Waals surface area contributed by atoms with Crippen LogP contribution in [0.25, 0.3) is 5.65 Å². The average molecular weight is 354 g/mol. The van der Waals surface area contributed by atoms with Gasteiger partial charge in [-0.15, -0.1) is 5.10 Å². The number of allylic oxidation sites excluding steroid dienone is 3. The zero-order valence-electron chi connectivity index (χ0n) is 14.5.